The van der Waals surface area contributed by atoms with E-state index < -0.39 is 19.9 Å². The third kappa shape index (κ3) is 3.92. The molecule has 10 heteroatoms. The van der Waals surface area contributed by atoms with Crippen LogP contribution in [0, 0.1) is 0 Å². The van der Waals surface area contributed by atoms with E-state index in [1.54, 1.807) is 24.4 Å². The van der Waals surface area contributed by atoms with Crippen LogP contribution in [0.25, 0.3) is 0 Å². The molecule has 0 N–H and O–H groups in total. The standard InChI is InChI=1S/C10H17NO6P2S/c1-14-18(12,15-2)10(19(13,16-3)17-4)20-9-7-5-6-8-11-9/h5-8,10H,1-4H3. The highest BCUT2D eigenvalue weighted by atomic mass is 32.2. The molecule has 0 unspecified atom stereocenters. The van der Waals surface area contributed by atoms with Gasteiger partial charge in [0.1, 0.15) is 0 Å². The van der Waals surface area contributed by atoms with Crippen molar-refractivity contribution in [3.8, 4) is 0 Å². The van der Waals surface area contributed by atoms with Crippen molar-refractivity contribution in [1.82, 2.24) is 4.98 Å². The smallest absolute Gasteiger partial charge is 0.311 e. The number of thioether (sulfide) groups is 1. The topological polar surface area (TPSA) is 84.0 Å². The fourth-order valence-electron chi connectivity index (χ4n) is 1.34. The SMILES string of the molecule is COP(=O)(OC)C(Sc1ccccn1)P(=O)(OC)OC. The summed E-state index contributed by atoms with van der Waals surface area (Å²) in [6.45, 7) is 0. The first-order valence-electron chi connectivity index (χ1n) is 5.46. The average molecular weight is 341 g/mol. The number of hydrogen-bond donors (Lipinski definition) is 0. The molecule has 20 heavy (non-hydrogen) atoms. The molecule has 0 radical (unpaired) electrons. The Morgan fingerprint density at radius 1 is 1.00 bits per heavy atom. The van der Waals surface area contributed by atoms with Gasteiger partial charge < -0.3 is 18.1 Å². The largest absolute Gasteiger partial charge is 0.355 e. The van der Waals surface area contributed by atoms with E-state index in [4.69, 9.17) is 18.1 Å². The lowest BCUT2D eigenvalue weighted by Crippen LogP contribution is -2.11. The van der Waals surface area contributed by atoms with Gasteiger partial charge in [-0.3, -0.25) is 9.13 Å². The van der Waals surface area contributed by atoms with Crippen LogP contribution in [0.4, 0.5) is 0 Å². The van der Waals surface area contributed by atoms with Gasteiger partial charge in [0.25, 0.3) is 0 Å². The van der Waals surface area contributed by atoms with Crippen molar-refractivity contribution >= 4 is 27.0 Å². The fourth-order valence-corrected chi connectivity index (χ4v) is 8.08. The molecule has 1 aromatic heterocycles. The first-order chi connectivity index (χ1) is 9.45. The highest BCUT2D eigenvalue weighted by Crippen LogP contribution is 2.73. The van der Waals surface area contributed by atoms with E-state index in [-0.39, 0.29) is 0 Å². The minimum absolute atomic E-state index is 0.501. The molecular weight excluding hydrogens is 324 g/mol. The monoisotopic (exact) mass is 341 g/mol. The summed E-state index contributed by atoms with van der Waals surface area (Å²) in [6.07, 6.45) is 1.56. The number of pyridine rings is 1. The molecule has 0 aliphatic rings. The Morgan fingerprint density at radius 3 is 1.85 bits per heavy atom. The molecule has 0 spiro atoms. The van der Waals surface area contributed by atoms with E-state index in [9.17, 15) is 9.13 Å². The highest BCUT2D eigenvalue weighted by Gasteiger charge is 2.50. The van der Waals surface area contributed by atoms with Crippen molar-refractivity contribution < 1.29 is 27.2 Å². The molecule has 0 bridgehead atoms. The van der Waals surface area contributed by atoms with Gasteiger partial charge in [-0.2, -0.15) is 0 Å². The van der Waals surface area contributed by atoms with E-state index in [2.05, 4.69) is 4.98 Å². The normalized spacial score (nSPS) is 12.8. The molecule has 1 rings (SSSR count). The van der Waals surface area contributed by atoms with Gasteiger partial charge in [0, 0.05) is 34.6 Å². The Morgan fingerprint density at radius 2 is 1.50 bits per heavy atom. The van der Waals surface area contributed by atoms with Crippen molar-refractivity contribution in [1.29, 1.82) is 0 Å². The molecule has 0 aliphatic heterocycles. The summed E-state index contributed by atoms with van der Waals surface area (Å²) in [6, 6.07) is 5.17. The van der Waals surface area contributed by atoms with Gasteiger partial charge in [0.15, 0.2) is 0 Å². The van der Waals surface area contributed by atoms with E-state index in [1.807, 2.05) is 0 Å². The second-order valence-corrected chi connectivity index (χ2v) is 10.3. The maximum Gasteiger partial charge on any atom is 0.355 e. The lowest BCUT2D eigenvalue weighted by Gasteiger charge is -2.27. The summed E-state index contributed by atoms with van der Waals surface area (Å²) in [5.74, 6) is 0. The van der Waals surface area contributed by atoms with Crippen LogP contribution >= 0.6 is 27.0 Å². The molecule has 0 saturated carbocycles. The van der Waals surface area contributed by atoms with Gasteiger partial charge in [0.05, 0.1) is 5.03 Å². The third-order valence-corrected chi connectivity index (χ3v) is 10.1. The van der Waals surface area contributed by atoms with Gasteiger partial charge in [-0.25, -0.2) is 4.98 Å². The maximum atomic E-state index is 12.6. The minimum atomic E-state index is -3.70. The Labute approximate surface area is 122 Å². The van der Waals surface area contributed by atoms with Crippen LogP contribution in [0.3, 0.4) is 0 Å². The summed E-state index contributed by atoms with van der Waals surface area (Å²) < 4.78 is 43.7. The lowest BCUT2D eigenvalue weighted by molar-refractivity contribution is 0.257. The summed E-state index contributed by atoms with van der Waals surface area (Å²) >= 11 is 0.964. The predicted octanol–water partition coefficient (Wildman–Crippen LogP) is 3.43. The summed E-state index contributed by atoms with van der Waals surface area (Å²) in [5.41, 5.74) is 0. The van der Waals surface area contributed by atoms with Gasteiger partial charge in [-0.05, 0) is 12.1 Å². The number of hydrogen-bond acceptors (Lipinski definition) is 8. The van der Waals surface area contributed by atoms with Crippen LogP contribution in [0.15, 0.2) is 29.4 Å². The predicted molar refractivity (Wildman–Crippen MR) is 77.1 cm³/mol. The number of rotatable bonds is 8. The molecule has 7 nitrogen and oxygen atoms in total. The maximum absolute atomic E-state index is 12.6. The van der Waals surface area contributed by atoms with Crippen LogP contribution in [0.2, 0.25) is 0 Å². The minimum Gasteiger partial charge on any atom is -0.311 e. The van der Waals surface area contributed by atoms with Crippen molar-refractivity contribution in [3.63, 3.8) is 0 Å². The van der Waals surface area contributed by atoms with Crippen molar-refractivity contribution in [2.24, 2.45) is 0 Å². The van der Waals surface area contributed by atoms with Gasteiger partial charge >= 0.3 is 15.2 Å². The summed E-state index contributed by atoms with van der Waals surface area (Å²) in [4.78, 5) is 4.08. The molecule has 0 aromatic carbocycles. The molecule has 0 aliphatic carbocycles. The van der Waals surface area contributed by atoms with Crippen LogP contribution in [-0.2, 0) is 27.2 Å². The second kappa shape index (κ2) is 7.71. The average Bonchev–Trinajstić information content (AvgIpc) is 2.52. The van der Waals surface area contributed by atoms with E-state index in [0.717, 1.165) is 11.8 Å². The number of nitrogens with zero attached hydrogens (tertiary/aromatic N) is 1. The first kappa shape index (κ1) is 17.9. The van der Waals surface area contributed by atoms with Crippen molar-refractivity contribution in [2.75, 3.05) is 28.4 Å². The molecule has 1 aromatic rings. The van der Waals surface area contributed by atoms with Crippen molar-refractivity contribution in [3.05, 3.63) is 24.4 Å². The Hall–Kier alpha value is -0.200. The highest BCUT2D eigenvalue weighted by molar-refractivity contribution is 8.12. The molecular formula is C10H17NO6P2S. The van der Waals surface area contributed by atoms with E-state index in [1.165, 1.54) is 28.4 Å². The molecule has 114 valence electrons. The van der Waals surface area contributed by atoms with Gasteiger partial charge in [0.2, 0.25) is 4.73 Å². The fraction of sp³-hybridized carbons (Fsp3) is 0.500. The zero-order chi connectivity index (χ0) is 15.2. The van der Waals surface area contributed by atoms with Crippen LogP contribution in [0.1, 0.15) is 0 Å². The van der Waals surface area contributed by atoms with Gasteiger partial charge in [-0.1, -0.05) is 17.8 Å². The second-order valence-electron chi connectivity index (χ2n) is 3.42. The van der Waals surface area contributed by atoms with E-state index >= 15 is 0 Å². The van der Waals surface area contributed by atoms with Crippen LogP contribution < -0.4 is 0 Å². The third-order valence-electron chi connectivity index (χ3n) is 2.42. The Balaban J connectivity index is 3.21. The molecule has 0 saturated heterocycles. The first-order valence-corrected chi connectivity index (χ1v) is 9.56. The zero-order valence-corrected chi connectivity index (χ0v) is 14.2. The van der Waals surface area contributed by atoms with Crippen molar-refractivity contribution in [2.45, 2.75) is 9.76 Å². The zero-order valence-electron chi connectivity index (χ0n) is 11.6. The van der Waals surface area contributed by atoms with E-state index in [0.29, 0.717) is 5.03 Å². The van der Waals surface area contributed by atoms with Crippen LogP contribution in [0.5, 0.6) is 0 Å². The lowest BCUT2D eigenvalue weighted by atomic mass is 10.5. The van der Waals surface area contributed by atoms with Crippen LogP contribution in [-0.4, -0.2) is 38.2 Å². The molecule has 1 heterocycles. The molecule has 0 atom stereocenters. The number of aromatic nitrogens is 1. The Bertz CT molecular complexity index is 472. The summed E-state index contributed by atoms with van der Waals surface area (Å²) in [7, 11) is -2.55. The summed E-state index contributed by atoms with van der Waals surface area (Å²) in [5, 5.41) is 0.501. The molecule has 0 amide bonds. The Kier molecular flexibility index (Phi) is 6.88. The van der Waals surface area contributed by atoms with Gasteiger partial charge in [-0.15, -0.1) is 0 Å². The molecule has 0 fully saturated rings. The quantitative estimate of drug-likeness (QED) is 0.525.